The second-order valence-electron chi connectivity index (χ2n) is 4.68. The number of fused-ring (bicyclic) bond motifs is 1. The highest BCUT2D eigenvalue weighted by Gasteiger charge is 2.03. The van der Waals surface area contributed by atoms with Crippen LogP contribution >= 0.6 is 11.8 Å². The second kappa shape index (κ2) is 7.51. The number of nitrogens with one attached hydrogen (secondary N) is 1. The molecule has 0 unspecified atom stereocenters. The van der Waals surface area contributed by atoms with Crippen molar-refractivity contribution in [2.45, 2.75) is 5.16 Å². The first-order valence-electron chi connectivity index (χ1n) is 7.02. The second-order valence-corrected chi connectivity index (χ2v) is 5.62. The fraction of sp³-hybridized carbons (Fsp3) is 0.0588. The minimum Gasteiger partial charge on any atom is -0.272 e. The molecule has 0 spiro atoms. The van der Waals surface area contributed by atoms with Gasteiger partial charge in [0.1, 0.15) is 0 Å². The maximum absolute atomic E-state index is 11.8. The lowest BCUT2D eigenvalue weighted by Crippen LogP contribution is -2.19. The molecule has 6 heteroatoms. The molecule has 0 saturated carbocycles. The summed E-state index contributed by atoms with van der Waals surface area (Å²) in [6.07, 6.45) is 4.95. The number of hydrazone groups is 1. The Bertz CT molecular complexity index is 831. The highest BCUT2D eigenvalue weighted by Crippen LogP contribution is 2.16. The topological polar surface area (TPSA) is 67.2 Å². The van der Waals surface area contributed by atoms with E-state index < -0.39 is 0 Å². The fourth-order valence-corrected chi connectivity index (χ4v) is 2.65. The summed E-state index contributed by atoms with van der Waals surface area (Å²) in [5.74, 6) is 0.0237. The highest BCUT2D eigenvalue weighted by molar-refractivity contribution is 7.99. The normalized spacial score (nSPS) is 11.0. The van der Waals surface area contributed by atoms with Gasteiger partial charge in [-0.15, -0.1) is 0 Å². The molecule has 5 nitrogen and oxygen atoms in total. The summed E-state index contributed by atoms with van der Waals surface area (Å²) in [6.45, 7) is 0. The van der Waals surface area contributed by atoms with Crippen molar-refractivity contribution in [1.29, 1.82) is 0 Å². The van der Waals surface area contributed by atoms with Crippen LogP contribution in [0.25, 0.3) is 10.8 Å². The molecule has 1 amide bonds. The van der Waals surface area contributed by atoms with Gasteiger partial charge in [-0.05, 0) is 16.8 Å². The molecule has 0 saturated heterocycles. The van der Waals surface area contributed by atoms with Gasteiger partial charge >= 0.3 is 0 Å². The van der Waals surface area contributed by atoms with E-state index in [1.54, 1.807) is 24.7 Å². The van der Waals surface area contributed by atoms with E-state index in [1.165, 1.54) is 11.8 Å². The molecular weight excluding hydrogens is 308 g/mol. The van der Waals surface area contributed by atoms with Gasteiger partial charge in [0.15, 0.2) is 5.16 Å². The van der Waals surface area contributed by atoms with Crippen LogP contribution < -0.4 is 5.43 Å². The van der Waals surface area contributed by atoms with E-state index in [9.17, 15) is 4.79 Å². The van der Waals surface area contributed by atoms with E-state index in [0.717, 1.165) is 16.3 Å². The average molecular weight is 322 g/mol. The van der Waals surface area contributed by atoms with Crippen molar-refractivity contribution in [1.82, 2.24) is 15.4 Å². The third-order valence-electron chi connectivity index (χ3n) is 3.09. The fourth-order valence-electron chi connectivity index (χ4n) is 2.06. The third kappa shape index (κ3) is 4.14. The molecule has 1 heterocycles. The zero-order valence-electron chi connectivity index (χ0n) is 12.2. The maximum atomic E-state index is 11.8. The molecule has 23 heavy (non-hydrogen) atoms. The molecule has 0 aliphatic heterocycles. The van der Waals surface area contributed by atoms with E-state index in [4.69, 9.17) is 0 Å². The standard InChI is InChI=1S/C17H14N4OS/c22-16(12-23-17-18-9-4-10-19-17)21-20-11-14-7-3-6-13-5-1-2-8-15(13)14/h1-11H,12H2,(H,21,22)/b20-11-. The Hall–Kier alpha value is -2.73. The van der Waals surface area contributed by atoms with Gasteiger partial charge < -0.3 is 0 Å². The lowest BCUT2D eigenvalue weighted by molar-refractivity contribution is -0.118. The van der Waals surface area contributed by atoms with Gasteiger partial charge in [0.2, 0.25) is 0 Å². The minimum atomic E-state index is -0.195. The molecular formula is C17H14N4OS. The van der Waals surface area contributed by atoms with Crippen LogP contribution in [0, 0.1) is 0 Å². The summed E-state index contributed by atoms with van der Waals surface area (Å²) < 4.78 is 0. The van der Waals surface area contributed by atoms with Crippen LogP contribution in [0.4, 0.5) is 0 Å². The van der Waals surface area contributed by atoms with Gasteiger partial charge in [-0.3, -0.25) is 4.79 Å². The van der Waals surface area contributed by atoms with Crippen molar-refractivity contribution in [3.8, 4) is 0 Å². The first-order valence-corrected chi connectivity index (χ1v) is 8.01. The largest absolute Gasteiger partial charge is 0.272 e. The first-order chi connectivity index (χ1) is 11.3. The number of hydrogen-bond acceptors (Lipinski definition) is 5. The first kappa shape index (κ1) is 15.2. The molecule has 1 aromatic heterocycles. The maximum Gasteiger partial charge on any atom is 0.250 e. The van der Waals surface area contributed by atoms with Crippen molar-refractivity contribution < 1.29 is 4.79 Å². The molecule has 0 atom stereocenters. The Balaban J connectivity index is 1.59. The molecule has 114 valence electrons. The molecule has 3 aromatic rings. The monoisotopic (exact) mass is 322 g/mol. The summed E-state index contributed by atoms with van der Waals surface area (Å²) in [5, 5.41) is 6.83. The lowest BCUT2D eigenvalue weighted by atomic mass is 10.1. The summed E-state index contributed by atoms with van der Waals surface area (Å²) in [5.41, 5.74) is 3.48. The summed E-state index contributed by atoms with van der Waals surface area (Å²) >= 11 is 1.27. The molecule has 0 fully saturated rings. The van der Waals surface area contributed by atoms with Crippen molar-refractivity contribution in [2.24, 2.45) is 5.10 Å². The molecule has 0 aliphatic rings. The van der Waals surface area contributed by atoms with E-state index in [1.807, 2.05) is 42.5 Å². The van der Waals surface area contributed by atoms with Crippen LogP contribution in [-0.4, -0.2) is 27.8 Å². The number of rotatable bonds is 5. The zero-order chi connectivity index (χ0) is 15.9. The summed E-state index contributed by atoms with van der Waals surface area (Å²) in [6, 6.07) is 15.8. The third-order valence-corrected chi connectivity index (χ3v) is 3.97. The molecule has 2 aromatic carbocycles. The SMILES string of the molecule is O=C(CSc1ncccn1)N/N=C\c1cccc2ccccc12. The lowest BCUT2D eigenvalue weighted by Gasteiger charge is -2.02. The summed E-state index contributed by atoms with van der Waals surface area (Å²) in [7, 11) is 0. The number of hydrogen-bond donors (Lipinski definition) is 1. The zero-order valence-corrected chi connectivity index (χ0v) is 13.0. The predicted molar refractivity (Wildman–Crippen MR) is 92.4 cm³/mol. The van der Waals surface area contributed by atoms with Crippen LogP contribution in [-0.2, 0) is 4.79 Å². The number of carbonyl (C=O) groups is 1. The molecule has 0 radical (unpaired) electrons. The Labute approximate surface area is 137 Å². The summed E-state index contributed by atoms with van der Waals surface area (Å²) in [4.78, 5) is 19.9. The van der Waals surface area contributed by atoms with Gasteiger partial charge in [0.25, 0.3) is 5.91 Å². The molecule has 0 aliphatic carbocycles. The van der Waals surface area contributed by atoms with Crippen molar-refractivity contribution >= 4 is 34.7 Å². The van der Waals surface area contributed by atoms with E-state index in [2.05, 4.69) is 20.5 Å². The number of nitrogens with zero attached hydrogens (tertiary/aromatic N) is 3. The Morgan fingerprint density at radius 3 is 2.74 bits per heavy atom. The Morgan fingerprint density at radius 2 is 1.87 bits per heavy atom. The van der Waals surface area contributed by atoms with Crippen LogP contribution in [0.2, 0.25) is 0 Å². The van der Waals surface area contributed by atoms with Gasteiger partial charge in [0.05, 0.1) is 12.0 Å². The van der Waals surface area contributed by atoms with Crippen LogP contribution in [0.1, 0.15) is 5.56 Å². The quantitative estimate of drug-likeness (QED) is 0.339. The Kier molecular flexibility index (Phi) is 4.95. The predicted octanol–water partition coefficient (Wildman–Crippen LogP) is 2.87. The average Bonchev–Trinajstić information content (AvgIpc) is 2.61. The van der Waals surface area contributed by atoms with Crippen LogP contribution in [0.15, 0.2) is 71.2 Å². The number of carbonyl (C=O) groups excluding carboxylic acids is 1. The number of amides is 1. The number of thioether (sulfide) groups is 1. The Morgan fingerprint density at radius 1 is 1.09 bits per heavy atom. The molecule has 0 bridgehead atoms. The van der Waals surface area contributed by atoms with E-state index in [-0.39, 0.29) is 11.7 Å². The molecule has 3 rings (SSSR count). The van der Waals surface area contributed by atoms with Crippen molar-refractivity contribution in [3.63, 3.8) is 0 Å². The van der Waals surface area contributed by atoms with Crippen molar-refractivity contribution in [3.05, 3.63) is 66.5 Å². The minimum absolute atomic E-state index is 0.195. The smallest absolute Gasteiger partial charge is 0.250 e. The van der Waals surface area contributed by atoms with Gasteiger partial charge in [-0.1, -0.05) is 54.2 Å². The van der Waals surface area contributed by atoms with Crippen molar-refractivity contribution in [2.75, 3.05) is 5.75 Å². The number of benzene rings is 2. The van der Waals surface area contributed by atoms with Gasteiger partial charge in [-0.2, -0.15) is 5.10 Å². The van der Waals surface area contributed by atoms with Crippen LogP contribution in [0.3, 0.4) is 0 Å². The van der Waals surface area contributed by atoms with E-state index in [0.29, 0.717) is 5.16 Å². The van der Waals surface area contributed by atoms with Gasteiger partial charge in [-0.25, -0.2) is 15.4 Å². The molecule has 1 N–H and O–H groups in total. The highest BCUT2D eigenvalue weighted by atomic mass is 32.2. The van der Waals surface area contributed by atoms with E-state index >= 15 is 0 Å². The van der Waals surface area contributed by atoms with Gasteiger partial charge in [0, 0.05) is 18.0 Å². The van der Waals surface area contributed by atoms with Crippen LogP contribution in [0.5, 0.6) is 0 Å². The number of aromatic nitrogens is 2.